The topological polar surface area (TPSA) is 75.9 Å². The van der Waals surface area contributed by atoms with Crippen molar-refractivity contribution < 1.29 is 4.79 Å². The number of nitrogens with one attached hydrogen (secondary N) is 1. The molecule has 4 aromatic rings. The third kappa shape index (κ3) is 3.93. The SMILES string of the molecule is CC(=O)Nc1nc2c(s1)-c1c(c(-c3cccnc3)nn1-c1ccc(CN3CCCC3)cc1)CC2. The highest BCUT2D eigenvalue weighted by Crippen LogP contribution is 2.44. The molecular formula is C26H26N6OS. The zero-order valence-corrected chi connectivity index (χ0v) is 19.9. The summed E-state index contributed by atoms with van der Waals surface area (Å²) in [6.07, 6.45) is 7.93. The molecule has 0 unspecified atom stereocenters. The number of hydrogen-bond acceptors (Lipinski definition) is 6. The molecular weight excluding hydrogens is 444 g/mol. The minimum Gasteiger partial charge on any atom is -0.302 e. The number of aryl methyl sites for hydroxylation is 1. The number of rotatable bonds is 5. The molecule has 1 aliphatic carbocycles. The standard InChI is InChI=1S/C26H26N6OS/c1-17(33)28-26-29-22-11-10-21-23(19-5-4-12-27-15-19)30-32(24(21)25(22)34-26)20-8-6-18(7-9-20)16-31-13-2-3-14-31/h4-9,12,15H,2-3,10-11,13-14,16H2,1H3,(H,28,29,33). The number of pyridine rings is 1. The van der Waals surface area contributed by atoms with Crippen LogP contribution in [0, 0.1) is 0 Å². The van der Waals surface area contributed by atoms with Crippen molar-refractivity contribution >= 4 is 22.4 Å². The highest BCUT2D eigenvalue weighted by molar-refractivity contribution is 7.19. The summed E-state index contributed by atoms with van der Waals surface area (Å²) in [7, 11) is 0. The van der Waals surface area contributed by atoms with Crippen molar-refractivity contribution in [2.75, 3.05) is 18.4 Å². The van der Waals surface area contributed by atoms with E-state index in [1.165, 1.54) is 55.3 Å². The van der Waals surface area contributed by atoms with Gasteiger partial charge in [-0.05, 0) is 68.6 Å². The number of carbonyl (C=O) groups excluding carboxylic acids is 1. The Hall–Kier alpha value is -3.36. The lowest BCUT2D eigenvalue weighted by Crippen LogP contribution is -2.18. The van der Waals surface area contributed by atoms with E-state index in [9.17, 15) is 4.79 Å². The van der Waals surface area contributed by atoms with Crippen molar-refractivity contribution in [3.05, 3.63) is 65.6 Å². The minimum atomic E-state index is -0.107. The molecule has 34 heavy (non-hydrogen) atoms. The minimum absolute atomic E-state index is 0.107. The number of aromatic nitrogens is 4. The number of likely N-dealkylation sites (tertiary alicyclic amines) is 1. The number of fused-ring (bicyclic) bond motifs is 3. The van der Waals surface area contributed by atoms with Gasteiger partial charge >= 0.3 is 0 Å². The summed E-state index contributed by atoms with van der Waals surface area (Å²) < 4.78 is 2.05. The van der Waals surface area contributed by atoms with Gasteiger partial charge in [0.25, 0.3) is 0 Å². The summed E-state index contributed by atoms with van der Waals surface area (Å²) in [6, 6.07) is 12.8. The normalized spacial score (nSPS) is 15.2. The van der Waals surface area contributed by atoms with Gasteiger partial charge < -0.3 is 5.32 Å². The third-order valence-electron chi connectivity index (χ3n) is 6.51. The lowest BCUT2D eigenvalue weighted by molar-refractivity contribution is -0.114. The first kappa shape index (κ1) is 21.2. The summed E-state index contributed by atoms with van der Waals surface area (Å²) in [5.41, 5.74) is 7.62. The second kappa shape index (κ2) is 8.77. The number of amides is 1. The molecule has 1 aromatic carbocycles. The highest BCUT2D eigenvalue weighted by atomic mass is 32.1. The summed E-state index contributed by atoms with van der Waals surface area (Å²) in [4.78, 5) is 24.3. The van der Waals surface area contributed by atoms with Crippen molar-refractivity contribution in [2.45, 2.75) is 39.2 Å². The average Bonchev–Trinajstić information content (AvgIpc) is 3.58. The molecule has 4 heterocycles. The molecule has 2 aliphatic rings. The zero-order valence-electron chi connectivity index (χ0n) is 19.1. The van der Waals surface area contributed by atoms with Crippen molar-refractivity contribution in [2.24, 2.45) is 0 Å². The molecule has 0 atom stereocenters. The molecule has 0 saturated carbocycles. The predicted molar refractivity (Wildman–Crippen MR) is 134 cm³/mol. The second-order valence-electron chi connectivity index (χ2n) is 8.95. The van der Waals surface area contributed by atoms with Gasteiger partial charge in [-0.15, -0.1) is 0 Å². The van der Waals surface area contributed by atoms with Crippen LogP contribution >= 0.6 is 11.3 Å². The number of benzene rings is 1. The van der Waals surface area contributed by atoms with Crippen LogP contribution in [0.5, 0.6) is 0 Å². The van der Waals surface area contributed by atoms with Crippen LogP contribution in [-0.2, 0) is 24.2 Å². The van der Waals surface area contributed by atoms with Crippen molar-refractivity contribution in [1.82, 2.24) is 24.6 Å². The Balaban J connectivity index is 1.44. The van der Waals surface area contributed by atoms with E-state index in [1.807, 2.05) is 16.9 Å². The lowest BCUT2D eigenvalue weighted by atomic mass is 9.95. The van der Waals surface area contributed by atoms with Crippen molar-refractivity contribution in [3.63, 3.8) is 0 Å². The van der Waals surface area contributed by atoms with Crippen LogP contribution in [0.15, 0.2) is 48.8 Å². The molecule has 0 radical (unpaired) electrons. The molecule has 6 rings (SSSR count). The van der Waals surface area contributed by atoms with Gasteiger partial charge in [0, 0.05) is 37.0 Å². The van der Waals surface area contributed by atoms with Crippen molar-refractivity contribution in [3.8, 4) is 27.5 Å². The summed E-state index contributed by atoms with van der Waals surface area (Å²) in [5.74, 6) is -0.107. The largest absolute Gasteiger partial charge is 0.302 e. The van der Waals surface area contributed by atoms with Crippen LogP contribution < -0.4 is 5.32 Å². The first-order valence-electron chi connectivity index (χ1n) is 11.8. The van der Waals surface area contributed by atoms with Gasteiger partial charge in [-0.1, -0.05) is 23.5 Å². The molecule has 0 spiro atoms. The van der Waals surface area contributed by atoms with Crippen LogP contribution in [-0.4, -0.2) is 43.6 Å². The molecule has 0 bridgehead atoms. The van der Waals surface area contributed by atoms with Gasteiger partial charge in [0.1, 0.15) is 0 Å². The van der Waals surface area contributed by atoms with E-state index in [0.717, 1.165) is 52.6 Å². The lowest BCUT2D eigenvalue weighted by Gasteiger charge is -2.16. The number of hydrogen-bond donors (Lipinski definition) is 1. The molecule has 1 aliphatic heterocycles. The van der Waals surface area contributed by atoms with Crippen LogP contribution in [0.3, 0.4) is 0 Å². The van der Waals surface area contributed by atoms with Gasteiger partial charge in [0.05, 0.1) is 27.6 Å². The Morgan fingerprint density at radius 3 is 2.68 bits per heavy atom. The average molecular weight is 471 g/mol. The first-order valence-corrected chi connectivity index (χ1v) is 12.6. The Bertz CT molecular complexity index is 1340. The number of nitrogens with zero attached hydrogens (tertiary/aromatic N) is 5. The maximum absolute atomic E-state index is 11.6. The molecule has 172 valence electrons. The van der Waals surface area contributed by atoms with Gasteiger partial charge in [0.2, 0.25) is 5.91 Å². The fourth-order valence-corrected chi connectivity index (χ4v) is 6.05. The van der Waals surface area contributed by atoms with Crippen LogP contribution in [0.25, 0.3) is 27.5 Å². The summed E-state index contributed by atoms with van der Waals surface area (Å²) in [6.45, 7) is 4.89. The Morgan fingerprint density at radius 1 is 1.12 bits per heavy atom. The van der Waals surface area contributed by atoms with Gasteiger partial charge in [-0.2, -0.15) is 5.10 Å². The van der Waals surface area contributed by atoms with Crippen LogP contribution in [0.2, 0.25) is 0 Å². The molecule has 1 N–H and O–H groups in total. The summed E-state index contributed by atoms with van der Waals surface area (Å²) in [5, 5.41) is 8.59. The van der Waals surface area contributed by atoms with Gasteiger partial charge in [-0.25, -0.2) is 9.67 Å². The monoisotopic (exact) mass is 470 g/mol. The Labute approximate surface area is 202 Å². The van der Waals surface area contributed by atoms with Crippen LogP contribution in [0.4, 0.5) is 5.13 Å². The number of anilines is 1. The van der Waals surface area contributed by atoms with E-state index in [1.54, 1.807) is 6.20 Å². The summed E-state index contributed by atoms with van der Waals surface area (Å²) >= 11 is 1.52. The first-order chi connectivity index (χ1) is 16.7. The Morgan fingerprint density at radius 2 is 1.94 bits per heavy atom. The van der Waals surface area contributed by atoms with E-state index in [0.29, 0.717) is 5.13 Å². The zero-order chi connectivity index (χ0) is 23.1. The number of carbonyl (C=O) groups is 1. The highest BCUT2D eigenvalue weighted by Gasteiger charge is 2.30. The molecule has 1 saturated heterocycles. The van der Waals surface area contributed by atoms with Gasteiger partial charge in [-0.3, -0.25) is 14.7 Å². The Kier molecular flexibility index (Phi) is 5.47. The second-order valence-corrected chi connectivity index (χ2v) is 9.95. The van der Waals surface area contributed by atoms with E-state index in [2.05, 4.69) is 45.5 Å². The van der Waals surface area contributed by atoms with Crippen molar-refractivity contribution in [1.29, 1.82) is 0 Å². The smallest absolute Gasteiger partial charge is 0.223 e. The maximum Gasteiger partial charge on any atom is 0.223 e. The quantitative estimate of drug-likeness (QED) is 0.457. The fraction of sp³-hybridized carbons (Fsp3) is 0.308. The molecule has 1 fully saturated rings. The molecule has 1 amide bonds. The molecule has 3 aromatic heterocycles. The fourth-order valence-electron chi connectivity index (χ4n) is 4.94. The van der Waals surface area contributed by atoms with Crippen LogP contribution in [0.1, 0.15) is 36.6 Å². The van der Waals surface area contributed by atoms with Gasteiger partial charge in [0.15, 0.2) is 5.13 Å². The molecule has 7 nitrogen and oxygen atoms in total. The maximum atomic E-state index is 11.6. The number of thiazole rings is 1. The van der Waals surface area contributed by atoms with E-state index >= 15 is 0 Å². The van der Waals surface area contributed by atoms with E-state index in [4.69, 9.17) is 10.1 Å². The van der Waals surface area contributed by atoms with E-state index < -0.39 is 0 Å². The van der Waals surface area contributed by atoms with E-state index in [-0.39, 0.29) is 5.91 Å². The predicted octanol–water partition coefficient (Wildman–Crippen LogP) is 4.71. The molecule has 8 heteroatoms. The third-order valence-corrected chi connectivity index (χ3v) is 7.53.